The van der Waals surface area contributed by atoms with Gasteiger partial charge in [0.25, 0.3) is 5.88 Å². The molecule has 212 valence electrons. The lowest BCUT2D eigenvalue weighted by Crippen LogP contribution is -2.26. The van der Waals surface area contributed by atoms with Crippen LogP contribution in [0.3, 0.4) is 0 Å². The Labute approximate surface area is 234 Å². The van der Waals surface area contributed by atoms with Crippen molar-refractivity contribution in [2.45, 2.75) is 52.6 Å². The largest absolute Gasteiger partial charge is 0.491 e. The molecule has 4 rings (SSSR count). The van der Waals surface area contributed by atoms with Crippen LogP contribution in [0.25, 0.3) is 0 Å². The van der Waals surface area contributed by atoms with Gasteiger partial charge in [-0.15, -0.1) is 0 Å². The molecule has 2 unspecified atom stereocenters. The minimum absolute atomic E-state index is 0.0109. The minimum atomic E-state index is -0.0109. The van der Waals surface area contributed by atoms with Gasteiger partial charge >= 0.3 is 0 Å². The molecule has 2 aliphatic heterocycles. The Morgan fingerprint density at radius 1 is 1.23 bits per heavy atom. The summed E-state index contributed by atoms with van der Waals surface area (Å²) in [6.45, 7) is 11.2. The van der Waals surface area contributed by atoms with Crippen LogP contribution >= 0.6 is 0 Å². The van der Waals surface area contributed by atoms with E-state index in [-0.39, 0.29) is 6.10 Å². The molecule has 0 saturated carbocycles. The first-order valence-corrected chi connectivity index (χ1v) is 13.7. The number of allylic oxidation sites excluding steroid dienone is 5. The van der Waals surface area contributed by atoms with Crippen LogP contribution in [0.2, 0.25) is 0 Å². The van der Waals surface area contributed by atoms with Gasteiger partial charge in [-0.1, -0.05) is 32.1 Å². The van der Waals surface area contributed by atoms with Crippen LogP contribution in [0.1, 0.15) is 46.5 Å². The van der Waals surface area contributed by atoms with E-state index in [0.29, 0.717) is 37.3 Å². The Morgan fingerprint density at radius 2 is 2.03 bits per heavy atom. The number of nitrogens with zero attached hydrogens (tertiary/aromatic N) is 5. The van der Waals surface area contributed by atoms with E-state index in [4.69, 9.17) is 19.2 Å². The molecule has 0 aromatic carbocycles. The lowest BCUT2D eigenvalue weighted by molar-refractivity contribution is 0.135. The summed E-state index contributed by atoms with van der Waals surface area (Å²) in [5.41, 5.74) is 3.47. The summed E-state index contributed by atoms with van der Waals surface area (Å²) < 4.78 is 17.2. The number of hydrogen-bond donors (Lipinski definition) is 0. The fourth-order valence-corrected chi connectivity index (χ4v) is 4.22. The standard InChI is InChI=1S/C27H34N4O3.C2H5N.C2H6/c1-20(28-2)22-8-6-9-23(11-10-22)31(18-21-7-4-5-15-29-17-21)26-13-12-25(32-3)27(30-26)34-24-14-16-33-19-24;1-3-2;1-2/h4-5,9-13,15,17,22,24H,6-8,14,16,18-19H2,1-3H3;1H2,2H3;1-2H3. The van der Waals surface area contributed by atoms with Gasteiger partial charge in [0.1, 0.15) is 11.9 Å². The third kappa shape index (κ3) is 9.94. The molecule has 8 heteroatoms. The number of methoxy groups -OCH3 is 1. The predicted molar refractivity (Wildman–Crippen MR) is 164 cm³/mol. The van der Waals surface area contributed by atoms with Crippen molar-refractivity contribution >= 4 is 24.5 Å². The highest BCUT2D eigenvalue weighted by atomic mass is 16.6. The average molecular weight is 536 g/mol. The number of pyridine rings is 1. The molecule has 39 heavy (non-hydrogen) atoms. The van der Waals surface area contributed by atoms with Crippen LogP contribution in [-0.2, 0) is 4.74 Å². The second-order valence-corrected chi connectivity index (χ2v) is 8.94. The second kappa shape index (κ2) is 17.9. The van der Waals surface area contributed by atoms with Crippen LogP contribution in [0.15, 0.2) is 75.0 Å². The second-order valence-electron chi connectivity index (χ2n) is 8.94. The predicted octanol–water partition coefficient (Wildman–Crippen LogP) is 6.26. The molecule has 0 spiro atoms. The van der Waals surface area contributed by atoms with Crippen LogP contribution in [-0.4, -0.2) is 70.7 Å². The zero-order valence-electron chi connectivity index (χ0n) is 24.5. The highest BCUT2D eigenvalue weighted by Gasteiger charge is 2.23. The molecule has 3 aliphatic rings. The Morgan fingerprint density at radius 3 is 2.72 bits per heavy atom. The van der Waals surface area contributed by atoms with Gasteiger partial charge in [0.15, 0.2) is 5.75 Å². The maximum atomic E-state index is 6.18. The van der Waals surface area contributed by atoms with Crippen molar-refractivity contribution < 1.29 is 14.2 Å². The summed E-state index contributed by atoms with van der Waals surface area (Å²) in [6.07, 6.45) is 18.3. The number of anilines is 1. The Bertz CT molecular complexity index is 1080. The maximum absolute atomic E-state index is 6.18. The van der Waals surface area contributed by atoms with Crippen LogP contribution in [0.4, 0.5) is 5.82 Å². The first-order chi connectivity index (χ1) is 19.1. The summed E-state index contributed by atoms with van der Waals surface area (Å²) in [4.78, 5) is 19.2. The number of aliphatic imine (C=N–C) groups is 3. The summed E-state index contributed by atoms with van der Waals surface area (Å²) >= 11 is 0. The van der Waals surface area contributed by atoms with E-state index < -0.39 is 0 Å². The molecular formula is C31H45N5O3. The monoisotopic (exact) mass is 535 g/mol. The van der Waals surface area contributed by atoms with E-state index in [1.807, 2.05) is 51.5 Å². The maximum Gasteiger partial charge on any atom is 0.259 e. The highest BCUT2D eigenvalue weighted by molar-refractivity contribution is 5.86. The lowest BCUT2D eigenvalue weighted by Gasteiger charge is -2.27. The highest BCUT2D eigenvalue weighted by Crippen LogP contribution is 2.33. The summed E-state index contributed by atoms with van der Waals surface area (Å²) in [7, 11) is 5.14. The van der Waals surface area contributed by atoms with Gasteiger partial charge in [-0.3, -0.25) is 9.98 Å². The molecule has 2 atom stereocenters. The van der Waals surface area contributed by atoms with Crippen LogP contribution in [0, 0.1) is 5.92 Å². The fourth-order valence-electron chi connectivity index (χ4n) is 4.22. The topological polar surface area (TPSA) is 80.9 Å². The Balaban J connectivity index is 0.000000998. The van der Waals surface area contributed by atoms with Crippen molar-refractivity contribution in [2.24, 2.45) is 20.9 Å². The molecule has 1 fully saturated rings. The van der Waals surface area contributed by atoms with Crippen molar-refractivity contribution in [1.29, 1.82) is 0 Å². The smallest absolute Gasteiger partial charge is 0.259 e. The fraction of sp³-hybridized carbons (Fsp3) is 0.484. The number of ether oxygens (including phenoxy) is 3. The van der Waals surface area contributed by atoms with Crippen molar-refractivity contribution in [2.75, 3.05) is 45.9 Å². The van der Waals surface area contributed by atoms with Crippen molar-refractivity contribution in [1.82, 2.24) is 4.98 Å². The zero-order chi connectivity index (χ0) is 28.5. The molecule has 0 bridgehead atoms. The van der Waals surface area contributed by atoms with Gasteiger partial charge < -0.3 is 24.1 Å². The first-order valence-electron chi connectivity index (χ1n) is 13.7. The van der Waals surface area contributed by atoms with E-state index in [1.54, 1.807) is 14.2 Å². The van der Waals surface area contributed by atoms with Gasteiger partial charge in [-0.05, 0) is 62.8 Å². The third-order valence-corrected chi connectivity index (χ3v) is 6.31. The molecule has 0 radical (unpaired) electrons. The Hall–Kier alpha value is -3.52. The molecule has 1 aliphatic carbocycles. The summed E-state index contributed by atoms with van der Waals surface area (Å²) in [5, 5.41) is 0. The van der Waals surface area contributed by atoms with E-state index >= 15 is 0 Å². The molecule has 3 heterocycles. The van der Waals surface area contributed by atoms with Gasteiger partial charge in [-0.2, -0.15) is 4.98 Å². The van der Waals surface area contributed by atoms with E-state index in [1.165, 1.54) is 5.57 Å². The first kappa shape index (κ1) is 31.7. The molecule has 0 N–H and O–H groups in total. The third-order valence-electron chi connectivity index (χ3n) is 6.31. The number of hydrogen-bond acceptors (Lipinski definition) is 8. The molecular weight excluding hydrogens is 490 g/mol. The summed E-state index contributed by atoms with van der Waals surface area (Å²) in [5.74, 6) is 2.27. The molecule has 1 aromatic heterocycles. The molecule has 1 saturated heterocycles. The normalized spacial score (nSPS) is 20.2. The van der Waals surface area contributed by atoms with Crippen molar-refractivity contribution in [3.05, 3.63) is 60.0 Å². The lowest BCUT2D eigenvalue weighted by atomic mass is 9.99. The molecule has 1 aromatic rings. The van der Waals surface area contributed by atoms with Gasteiger partial charge in [-0.25, -0.2) is 0 Å². The number of aromatic nitrogens is 1. The quantitative estimate of drug-likeness (QED) is 0.367. The zero-order valence-corrected chi connectivity index (χ0v) is 24.5. The van der Waals surface area contributed by atoms with Crippen LogP contribution < -0.4 is 14.4 Å². The van der Waals surface area contributed by atoms with Crippen molar-refractivity contribution in [3.63, 3.8) is 0 Å². The van der Waals surface area contributed by atoms with Gasteiger partial charge in [0.2, 0.25) is 0 Å². The van der Waals surface area contributed by atoms with Crippen molar-refractivity contribution in [3.8, 4) is 11.6 Å². The van der Waals surface area contributed by atoms with E-state index in [0.717, 1.165) is 42.9 Å². The Kier molecular flexibility index (Phi) is 14.5. The summed E-state index contributed by atoms with van der Waals surface area (Å²) in [6, 6.07) is 3.92. The molecule has 8 nitrogen and oxygen atoms in total. The van der Waals surface area contributed by atoms with E-state index in [9.17, 15) is 0 Å². The van der Waals surface area contributed by atoms with Gasteiger partial charge in [0.05, 0.1) is 20.3 Å². The number of rotatable bonds is 8. The van der Waals surface area contributed by atoms with E-state index in [2.05, 4.69) is 57.8 Å². The SMILES string of the molecule is C=NC.CC.CN=C(C)C1C=CC(N(CC2=CN=CC=CC2)c2ccc(OC)c(OC3CCOC3)n2)=CCC1. The average Bonchev–Trinajstić information content (AvgIpc) is 3.18. The van der Waals surface area contributed by atoms with Gasteiger partial charge in [0, 0.05) is 56.8 Å². The van der Waals surface area contributed by atoms with Crippen LogP contribution in [0.5, 0.6) is 11.6 Å². The molecule has 0 amide bonds. The minimum Gasteiger partial charge on any atom is -0.491 e.